The van der Waals surface area contributed by atoms with Gasteiger partial charge in [0.05, 0.1) is 11.3 Å². The number of nitrogens with zero attached hydrogens (tertiary/aromatic N) is 3. The van der Waals surface area contributed by atoms with Gasteiger partial charge in [-0.3, -0.25) is 9.69 Å². The van der Waals surface area contributed by atoms with Crippen molar-refractivity contribution >= 4 is 17.2 Å². The van der Waals surface area contributed by atoms with Crippen molar-refractivity contribution in [3.8, 4) is 0 Å². The second-order valence-electron chi connectivity index (χ2n) is 7.30. The summed E-state index contributed by atoms with van der Waals surface area (Å²) in [7, 11) is 0. The molecule has 0 radical (unpaired) electrons. The molecule has 0 bridgehead atoms. The van der Waals surface area contributed by atoms with Crippen molar-refractivity contribution in [3.05, 3.63) is 38.4 Å². The maximum Gasteiger partial charge on any atom is 0.255 e. The number of thiophene rings is 1. The van der Waals surface area contributed by atoms with Gasteiger partial charge >= 0.3 is 0 Å². The van der Waals surface area contributed by atoms with E-state index in [-0.39, 0.29) is 5.91 Å². The Morgan fingerprint density at radius 3 is 2.92 bits per heavy atom. The maximum absolute atomic E-state index is 12.9. The third-order valence-electron chi connectivity index (χ3n) is 5.63. The fraction of sp³-hybridized carbons (Fsp3) is 0.579. The van der Waals surface area contributed by atoms with Gasteiger partial charge in [-0.05, 0) is 45.6 Å². The van der Waals surface area contributed by atoms with Gasteiger partial charge in [0, 0.05) is 48.0 Å². The minimum absolute atomic E-state index is 0.238. The zero-order valence-electron chi connectivity index (χ0n) is 15.2. The first-order valence-corrected chi connectivity index (χ1v) is 9.97. The number of hydrogen-bond donors (Lipinski definition) is 0. The average Bonchev–Trinajstić information content (AvgIpc) is 3.29. The normalized spacial score (nSPS) is 20.9. The number of fused-ring (bicyclic) bond motifs is 1. The highest BCUT2D eigenvalue weighted by Crippen LogP contribution is 2.32. The highest BCUT2D eigenvalue weighted by Gasteiger charge is 2.31. The summed E-state index contributed by atoms with van der Waals surface area (Å²) in [6.45, 7) is 9.80. The summed E-state index contributed by atoms with van der Waals surface area (Å²) in [5, 5.41) is 6.14. The number of amides is 1. The van der Waals surface area contributed by atoms with Crippen LogP contribution >= 0.6 is 11.3 Å². The van der Waals surface area contributed by atoms with Gasteiger partial charge in [-0.2, -0.15) is 0 Å². The summed E-state index contributed by atoms with van der Waals surface area (Å²) in [4.78, 5) is 18.7. The third-order valence-corrected chi connectivity index (χ3v) is 6.65. The lowest BCUT2D eigenvalue weighted by molar-refractivity contribution is 0.0746. The number of aryl methyl sites for hydroxylation is 2. The molecule has 1 fully saturated rings. The molecule has 0 saturated carbocycles. The molecule has 4 heterocycles. The van der Waals surface area contributed by atoms with Gasteiger partial charge in [0.15, 0.2) is 0 Å². The lowest BCUT2D eigenvalue weighted by Gasteiger charge is -2.28. The molecule has 4 rings (SSSR count). The Hall–Kier alpha value is -1.66. The molecular weight excluding hydrogens is 334 g/mol. The van der Waals surface area contributed by atoms with Gasteiger partial charge in [-0.15, -0.1) is 11.3 Å². The molecule has 2 aromatic rings. The van der Waals surface area contributed by atoms with E-state index in [2.05, 4.69) is 27.3 Å². The van der Waals surface area contributed by atoms with E-state index in [0.29, 0.717) is 6.04 Å². The van der Waals surface area contributed by atoms with Gasteiger partial charge in [-0.25, -0.2) is 0 Å². The summed E-state index contributed by atoms with van der Waals surface area (Å²) < 4.78 is 5.28. The second kappa shape index (κ2) is 6.57. The van der Waals surface area contributed by atoms with Crippen LogP contribution in [-0.2, 0) is 19.5 Å². The Kier molecular flexibility index (Phi) is 4.41. The Balaban J connectivity index is 1.50. The molecule has 5 nitrogen and oxygen atoms in total. The third kappa shape index (κ3) is 3.02. The van der Waals surface area contributed by atoms with Crippen molar-refractivity contribution < 1.29 is 9.32 Å². The predicted octanol–water partition coefficient (Wildman–Crippen LogP) is 3.54. The lowest BCUT2D eigenvalue weighted by atomic mass is 10.0. The van der Waals surface area contributed by atoms with Crippen molar-refractivity contribution in [2.24, 2.45) is 0 Å². The van der Waals surface area contributed by atoms with E-state index < -0.39 is 0 Å². The van der Waals surface area contributed by atoms with E-state index in [1.54, 1.807) is 11.3 Å². The predicted molar refractivity (Wildman–Crippen MR) is 97.8 cm³/mol. The van der Waals surface area contributed by atoms with Crippen LogP contribution in [0.1, 0.15) is 57.6 Å². The van der Waals surface area contributed by atoms with E-state index >= 15 is 0 Å². The smallest absolute Gasteiger partial charge is 0.255 e. The molecule has 0 N–H and O–H groups in total. The van der Waals surface area contributed by atoms with Crippen LogP contribution in [0.15, 0.2) is 9.90 Å². The van der Waals surface area contributed by atoms with Gasteiger partial charge < -0.3 is 9.42 Å². The van der Waals surface area contributed by atoms with E-state index in [1.807, 2.05) is 13.8 Å². The van der Waals surface area contributed by atoms with Crippen LogP contribution in [0.5, 0.6) is 0 Å². The lowest BCUT2D eigenvalue weighted by Crippen LogP contribution is -2.35. The fourth-order valence-corrected chi connectivity index (χ4v) is 5.15. The van der Waals surface area contributed by atoms with Gasteiger partial charge in [0.1, 0.15) is 5.76 Å². The molecule has 134 valence electrons. The standard InChI is InChI=1S/C19H25N3O2S/c1-12-5-4-7-22(12)19(23)17-11-25-18-10-21(8-6-15(17)18)9-16-13(2)20-24-14(16)3/h11-12H,4-10H2,1-3H3. The monoisotopic (exact) mass is 359 g/mol. The topological polar surface area (TPSA) is 49.6 Å². The highest BCUT2D eigenvalue weighted by atomic mass is 32.1. The molecule has 0 aromatic carbocycles. The number of carbonyl (C=O) groups is 1. The van der Waals surface area contributed by atoms with E-state index in [4.69, 9.17) is 4.52 Å². The Morgan fingerprint density at radius 2 is 2.24 bits per heavy atom. The number of aromatic nitrogens is 1. The molecule has 2 aromatic heterocycles. The summed E-state index contributed by atoms with van der Waals surface area (Å²) in [6, 6.07) is 0.377. The van der Waals surface area contributed by atoms with Crippen LogP contribution in [0, 0.1) is 13.8 Å². The van der Waals surface area contributed by atoms with Crippen molar-refractivity contribution in [2.45, 2.75) is 59.2 Å². The zero-order valence-corrected chi connectivity index (χ0v) is 16.0. The van der Waals surface area contributed by atoms with E-state index in [9.17, 15) is 4.79 Å². The van der Waals surface area contributed by atoms with Crippen molar-refractivity contribution in [3.63, 3.8) is 0 Å². The first-order valence-electron chi connectivity index (χ1n) is 9.09. The van der Waals surface area contributed by atoms with Crippen molar-refractivity contribution in [1.29, 1.82) is 0 Å². The largest absolute Gasteiger partial charge is 0.361 e. The Morgan fingerprint density at radius 1 is 1.40 bits per heavy atom. The van der Waals surface area contributed by atoms with Crippen molar-refractivity contribution in [2.75, 3.05) is 13.1 Å². The Bertz CT molecular complexity index is 775. The first-order chi connectivity index (χ1) is 12.0. The number of rotatable bonds is 3. The molecular formula is C19H25N3O2S. The Labute approximate surface area is 152 Å². The van der Waals surface area contributed by atoms with Crippen LogP contribution in [0.2, 0.25) is 0 Å². The number of carbonyl (C=O) groups excluding carboxylic acids is 1. The summed E-state index contributed by atoms with van der Waals surface area (Å²) in [5.74, 6) is 1.15. The van der Waals surface area contributed by atoms with E-state index in [0.717, 1.165) is 62.5 Å². The molecule has 1 unspecified atom stereocenters. The minimum Gasteiger partial charge on any atom is -0.361 e. The maximum atomic E-state index is 12.9. The molecule has 0 aliphatic carbocycles. The van der Waals surface area contributed by atoms with Crippen LogP contribution in [0.4, 0.5) is 0 Å². The molecule has 25 heavy (non-hydrogen) atoms. The number of hydrogen-bond acceptors (Lipinski definition) is 5. The molecule has 1 amide bonds. The van der Waals surface area contributed by atoms with Crippen LogP contribution in [0.25, 0.3) is 0 Å². The molecule has 1 saturated heterocycles. The van der Waals surface area contributed by atoms with Crippen molar-refractivity contribution in [1.82, 2.24) is 15.0 Å². The van der Waals surface area contributed by atoms with E-state index in [1.165, 1.54) is 16.0 Å². The van der Waals surface area contributed by atoms with Gasteiger partial charge in [0.25, 0.3) is 5.91 Å². The summed E-state index contributed by atoms with van der Waals surface area (Å²) >= 11 is 1.74. The SMILES string of the molecule is Cc1noc(C)c1CN1CCc2c(C(=O)N3CCCC3C)csc2C1. The van der Waals surface area contributed by atoms with Crippen LogP contribution < -0.4 is 0 Å². The second-order valence-corrected chi connectivity index (χ2v) is 8.27. The van der Waals surface area contributed by atoms with Crippen LogP contribution in [-0.4, -0.2) is 40.0 Å². The molecule has 2 aliphatic rings. The van der Waals surface area contributed by atoms with Gasteiger partial charge in [0.2, 0.25) is 0 Å². The number of likely N-dealkylation sites (tertiary alicyclic amines) is 1. The first kappa shape index (κ1) is 16.8. The molecule has 1 atom stereocenters. The summed E-state index contributed by atoms with van der Waals surface area (Å²) in [6.07, 6.45) is 3.21. The summed E-state index contributed by atoms with van der Waals surface area (Å²) in [5.41, 5.74) is 4.41. The van der Waals surface area contributed by atoms with Gasteiger partial charge in [-0.1, -0.05) is 5.16 Å². The average molecular weight is 359 g/mol. The fourth-order valence-electron chi connectivity index (χ4n) is 4.04. The minimum atomic E-state index is 0.238. The quantitative estimate of drug-likeness (QED) is 0.841. The molecule has 6 heteroatoms. The molecule has 2 aliphatic heterocycles. The zero-order chi connectivity index (χ0) is 17.6. The molecule has 0 spiro atoms. The van der Waals surface area contributed by atoms with Crippen LogP contribution in [0.3, 0.4) is 0 Å². The highest BCUT2D eigenvalue weighted by molar-refractivity contribution is 7.10.